The van der Waals surface area contributed by atoms with E-state index in [0.717, 1.165) is 38.2 Å². The maximum Gasteiger partial charge on any atom is 0.253 e. The first-order chi connectivity index (χ1) is 15.4. The van der Waals surface area contributed by atoms with E-state index >= 15 is 0 Å². The maximum atomic E-state index is 13.0. The van der Waals surface area contributed by atoms with Gasteiger partial charge in [0.25, 0.3) is 5.91 Å². The average molecular weight is 478 g/mol. The number of hydrogen-bond acceptors (Lipinski definition) is 5. The zero-order chi connectivity index (χ0) is 22.6. The molecule has 0 atom stereocenters. The Kier molecular flexibility index (Phi) is 7.35. The number of benzene rings is 2. The summed E-state index contributed by atoms with van der Waals surface area (Å²) in [6.45, 7) is 5.13. The Morgan fingerprint density at radius 3 is 2.31 bits per heavy atom. The highest BCUT2D eigenvalue weighted by Crippen LogP contribution is 2.22. The van der Waals surface area contributed by atoms with Gasteiger partial charge in [0.15, 0.2) is 0 Å². The third-order valence-electron chi connectivity index (χ3n) is 5.93. The molecule has 2 aromatic rings. The topological polar surface area (TPSA) is 70.2 Å². The van der Waals surface area contributed by atoms with E-state index in [1.807, 2.05) is 12.1 Å². The molecule has 172 valence electrons. The third-order valence-corrected chi connectivity index (χ3v) is 8.08. The normalized spacial score (nSPS) is 18.1. The van der Waals surface area contributed by atoms with E-state index in [-0.39, 0.29) is 10.8 Å². The van der Waals surface area contributed by atoms with Gasteiger partial charge in [-0.1, -0.05) is 17.7 Å². The van der Waals surface area contributed by atoms with Gasteiger partial charge in [0.2, 0.25) is 10.0 Å². The lowest BCUT2D eigenvalue weighted by Crippen LogP contribution is -2.49. The van der Waals surface area contributed by atoms with Crippen molar-refractivity contribution in [3.05, 3.63) is 59.1 Å². The molecular formula is C23H28ClN3O4S. The average Bonchev–Trinajstić information content (AvgIpc) is 3.37. The highest BCUT2D eigenvalue weighted by molar-refractivity contribution is 7.89. The fourth-order valence-electron chi connectivity index (χ4n) is 4.05. The Balaban J connectivity index is 1.29. The molecule has 32 heavy (non-hydrogen) atoms. The van der Waals surface area contributed by atoms with Crippen LogP contribution in [0.15, 0.2) is 53.4 Å². The summed E-state index contributed by atoms with van der Waals surface area (Å²) < 4.78 is 32.9. The third kappa shape index (κ3) is 5.43. The molecule has 2 aromatic carbocycles. The van der Waals surface area contributed by atoms with Crippen LogP contribution in [0, 0.1) is 0 Å². The summed E-state index contributed by atoms with van der Waals surface area (Å²) in [5, 5.41) is 0.678. The molecule has 2 heterocycles. The molecule has 7 nitrogen and oxygen atoms in total. The number of piperazine rings is 1. The molecule has 0 bridgehead atoms. The highest BCUT2D eigenvalue weighted by Gasteiger charge is 2.28. The van der Waals surface area contributed by atoms with E-state index in [1.54, 1.807) is 35.2 Å². The number of carbonyl (C=O) groups excluding carboxylic acids is 1. The molecule has 4 rings (SSSR count). The summed E-state index contributed by atoms with van der Waals surface area (Å²) in [4.78, 5) is 17.2. The maximum absolute atomic E-state index is 13.0. The highest BCUT2D eigenvalue weighted by atomic mass is 35.5. The van der Waals surface area contributed by atoms with Gasteiger partial charge in [-0.25, -0.2) is 8.42 Å². The lowest BCUT2D eigenvalue weighted by molar-refractivity contribution is 0.0620. The Morgan fingerprint density at radius 2 is 1.62 bits per heavy atom. The Hall–Kier alpha value is -2.13. The van der Waals surface area contributed by atoms with Gasteiger partial charge in [-0.3, -0.25) is 9.69 Å². The molecule has 2 aliphatic rings. The second kappa shape index (κ2) is 10.2. The fourth-order valence-corrected chi connectivity index (χ4v) is 5.74. The summed E-state index contributed by atoms with van der Waals surface area (Å²) in [7, 11) is -3.54. The van der Waals surface area contributed by atoms with Gasteiger partial charge >= 0.3 is 0 Å². The van der Waals surface area contributed by atoms with Crippen LogP contribution in [0.25, 0.3) is 0 Å². The van der Waals surface area contributed by atoms with Crippen molar-refractivity contribution >= 4 is 27.5 Å². The molecular weight excluding hydrogens is 450 g/mol. The SMILES string of the molecule is O=C(c1cccc(S(=O)(=O)N2CCCC2)c1)N1CCN(CCOc2ccc(Cl)cc2)CC1. The van der Waals surface area contributed by atoms with Crippen molar-refractivity contribution in [1.29, 1.82) is 0 Å². The number of halogens is 1. The molecule has 0 saturated carbocycles. The second-order valence-electron chi connectivity index (χ2n) is 8.08. The minimum absolute atomic E-state index is 0.125. The van der Waals surface area contributed by atoms with Crippen molar-refractivity contribution in [2.24, 2.45) is 0 Å². The monoisotopic (exact) mass is 477 g/mol. The quantitative estimate of drug-likeness (QED) is 0.613. The number of rotatable bonds is 7. The van der Waals surface area contributed by atoms with Gasteiger partial charge in [-0.2, -0.15) is 4.31 Å². The number of nitrogens with zero attached hydrogens (tertiary/aromatic N) is 3. The predicted octanol–water partition coefficient (Wildman–Crippen LogP) is 2.96. The van der Waals surface area contributed by atoms with Crippen molar-refractivity contribution < 1.29 is 17.9 Å². The van der Waals surface area contributed by atoms with E-state index in [1.165, 1.54) is 10.4 Å². The van der Waals surface area contributed by atoms with Gasteiger partial charge in [-0.15, -0.1) is 0 Å². The smallest absolute Gasteiger partial charge is 0.253 e. The first-order valence-corrected chi connectivity index (χ1v) is 12.8. The molecule has 0 aliphatic carbocycles. The molecule has 1 amide bonds. The van der Waals surface area contributed by atoms with E-state index in [0.29, 0.717) is 43.4 Å². The molecule has 9 heteroatoms. The molecule has 0 spiro atoms. The van der Waals surface area contributed by atoms with Gasteiger partial charge in [-0.05, 0) is 55.3 Å². The van der Waals surface area contributed by atoms with Gasteiger partial charge in [0.05, 0.1) is 4.90 Å². The molecule has 0 aromatic heterocycles. The van der Waals surface area contributed by atoms with Gasteiger partial charge < -0.3 is 9.64 Å². The number of carbonyl (C=O) groups is 1. The summed E-state index contributed by atoms with van der Waals surface area (Å²) in [6, 6.07) is 13.7. The molecule has 0 N–H and O–H groups in total. The molecule has 2 saturated heterocycles. The largest absolute Gasteiger partial charge is 0.492 e. The van der Waals surface area contributed by atoms with Crippen LogP contribution >= 0.6 is 11.6 Å². The standard InChI is InChI=1S/C23H28ClN3O4S/c24-20-6-8-21(9-7-20)31-17-16-25-12-14-26(15-13-25)23(28)19-4-3-5-22(18-19)32(29,30)27-10-1-2-11-27/h3-9,18H,1-2,10-17H2. The van der Waals surface area contributed by atoms with Gasteiger partial charge in [0.1, 0.15) is 12.4 Å². The summed E-state index contributed by atoms with van der Waals surface area (Å²) >= 11 is 5.88. The van der Waals surface area contributed by atoms with Crippen LogP contribution in [-0.4, -0.2) is 80.9 Å². The number of amides is 1. The zero-order valence-electron chi connectivity index (χ0n) is 18.0. The number of sulfonamides is 1. The molecule has 0 unspecified atom stereocenters. The van der Waals surface area contributed by atoms with Crippen molar-refractivity contribution in [2.45, 2.75) is 17.7 Å². The van der Waals surface area contributed by atoms with Crippen molar-refractivity contribution in [3.63, 3.8) is 0 Å². The predicted molar refractivity (Wildman–Crippen MR) is 124 cm³/mol. The number of ether oxygens (including phenoxy) is 1. The van der Waals surface area contributed by atoms with Crippen LogP contribution in [0.4, 0.5) is 0 Å². The van der Waals surface area contributed by atoms with Crippen LogP contribution in [-0.2, 0) is 10.0 Å². The Labute approximate surface area is 194 Å². The van der Waals surface area contributed by atoms with Crippen LogP contribution in [0.3, 0.4) is 0 Å². The van der Waals surface area contributed by atoms with E-state index in [9.17, 15) is 13.2 Å². The molecule has 0 radical (unpaired) electrons. The lowest BCUT2D eigenvalue weighted by Gasteiger charge is -2.34. The lowest BCUT2D eigenvalue weighted by atomic mass is 10.2. The summed E-state index contributed by atoms with van der Waals surface area (Å²) in [5.41, 5.74) is 0.421. The van der Waals surface area contributed by atoms with Crippen molar-refractivity contribution in [3.8, 4) is 5.75 Å². The van der Waals surface area contributed by atoms with Crippen LogP contribution in [0.5, 0.6) is 5.75 Å². The minimum atomic E-state index is -3.54. The minimum Gasteiger partial charge on any atom is -0.492 e. The molecule has 2 fully saturated rings. The summed E-state index contributed by atoms with van der Waals surface area (Å²) in [6.07, 6.45) is 1.76. The van der Waals surface area contributed by atoms with Crippen molar-refractivity contribution in [2.75, 3.05) is 52.4 Å². The zero-order valence-corrected chi connectivity index (χ0v) is 19.5. The second-order valence-corrected chi connectivity index (χ2v) is 10.4. The Bertz CT molecular complexity index is 1030. The van der Waals surface area contributed by atoms with Crippen LogP contribution in [0.1, 0.15) is 23.2 Å². The van der Waals surface area contributed by atoms with Crippen LogP contribution in [0.2, 0.25) is 5.02 Å². The summed E-state index contributed by atoms with van der Waals surface area (Å²) in [5.74, 6) is 0.660. The van der Waals surface area contributed by atoms with E-state index in [2.05, 4.69) is 4.90 Å². The number of hydrogen-bond donors (Lipinski definition) is 0. The van der Waals surface area contributed by atoms with E-state index in [4.69, 9.17) is 16.3 Å². The van der Waals surface area contributed by atoms with Crippen molar-refractivity contribution in [1.82, 2.24) is 14.1 Å². The first-order valence-electron chi connectivity index (χ1n) is 10.9. The van der Waals surface area contributed by atoms with Gasteiger partial charge in [0, 0.05) is 56.4 Å². The molecule has 2 aliphatic heterocycles. The van der Waals surface area contributed by atoms with Crippen LogP contribution < -0.4 is 4.74 Å². The fraction of sp³-hybridized carbons (Fsp3) is 0.435. The first kappa shape index (κ1) is 23.0. The van der Waals surface area contributed by atoms with E-state index < -0.39 is 10.0 Å². The Morgan fingerprint density at radius 1 is 0.938 bits per heavy atom.